The lowest BCUT2D eigenvalue weighted by Gasteiger charge is -2.19. The number of aromatic nitrogens is 2. The molecule has 0 unspecified atom stereocenters. The first-order valence-corrected chi connectivity index (χ1v) is 14.2. The summed E-state index contributed by atoms with van der Waals surface area (Å²) < 4.78 is 21.7. The molecule has 4 rings (SSSR count). The summed E-state index contributed by atoms with van der Waals surface area (Å²) in [5.74, 6) is 2.17. The number of hydrogen-bond donors (Lipinski definition) is 2. The second kappa shape index (κ2) is 14.1. The zero-order chi connectivity index (χ0) is 31.0. The predicted octanol–water partition coefficient (Wildman–Crippen LogP) is 7.74. The summed E-state index contributed by atoms with van der Waals surface area (Å²) in [5, 5.41) is 9.13. The third-order valence-corrected chi connectivity index (χ3v) is 6.22. The number of nitrogens with zero attached hydrogens (tertiary/aromatic N) is 1. The molecule has 0 spiro atoms. The topological polar surface area (TPSA) is 120 Å². The van der Waals surface area contributed by atoms with Gasteiger partial charge in [0.25, 0.3) is 11.4 Å². The number of H-pyrrole nitrogens is 1. The summed E-state index contributed by atoms with van der Waals surface area (Å²) in [5.41, 5.74) is 5.25. The molecule has 0 fully saturated rings. The smallest absolute Gasteiger partial charge is 0.407 e. The van der Waals surface area contributed by atoms with Gasteiger partial charge in [0.05, 0.1) is 17.7 Å². The van der Waals surface area contributed by atoms with E-state index in [0.717, 1.165) is 22.5 Å². The molecule has 0 aliphatic heterocycles. The van der Waals surface area contributed by atoms with Crippen molar-refractivity contribution in [2.75, 3.05) is 13.2 Å². The molecule has 4 aromatic rings. The van der Waals surface area contributed by atoms with Crippen molar-refractivity contribution in [1.82, 2.24) is 15.6 Å². The number of aryl methyl sites for hydroxylation is 2. The summed E-state index contributed by atoms with van der Waals surface area (Å²) in [6.45, 7) is 18.2. The Balaban J connectivity index is 0.000000258. The number of nitrogens with one attached hydrogen (secondary N) is 2. The van der Waals surface area contributed by atoms with Crippen LogP contribution in [-0.4, -0.2) is 35.2 Å². The summed E-state index contributed by atoms with van der Waals surface area (Å²) >= 11 is 0. The van der Waals surface area contributed by atoms with E-state index in [-0.39, 0.29) is 24.0 Å². The van der Waals surface area contributed by atoms with Crippen molar-refractivity contribution in [1.29, 1.82) is 0 Å². The van der Waals surface area contributed by atoms with Gasteiger partial charge in [-0.3, -0.25) is 4.79 Å². The van der Waals surface area contributed by atoms with E-state index >= 15 is 0 Å². The van der Waals surface area contributed by atoms with E-state index in [1.807, 2.05) is 97.0 Å². The third kappa shape index (κ3) is 8.86. The van der Waals surface area contributed by atoms with E-state index in [9.17, 15) is 9.59 Å². The van der Waals surface area contributed by atoms with Gasteiger partial charge in [0.1, 0.15) is 12.2 Å². The van der Waals surface area contributed by atoms with Crippen molar-refractivity contribution in [2.24, 2.45) is 0 Å². The molecule has 2 heterocycles. The van der Waals surface area contributed by atoms with Gasteiger partial charge in [-0.1, -0.05) is 87.4 Å². The molecule has 1 amide bonds. The molecule has 2 aromatic heterocycles. The minimum Gasteiger partial charge on any atom is -0.473 e. The lowest BCUT2D eigenvalue weighted by atomic mass is 9.99. The average Bonchev–Trinajstić information content (AvgIpc) is 3.51. The van der Waals surface area contributed by atoms with Gasteiger partial charge >= 0.3 is 6.09 Å². The molecule has 2 N–H and O–H groups in total. The second-order valence-electron chi connectivity index (χ2n) is 11.8. The summed E-state index contributed by atoms with van der Waals surface area (Å²) in [6, 6.07) is 16.0. The Morgan fingerprint density at radius 1 is 0.881 bits per heavy atom. The van der Waals surface area contributed by atoms with Gasteiger partial charge in [-0.05, 0) is 51.6 Å². The number of benzene rings is 2. The van der Waals surface area contributed by atoms with Crippen molar-refractivity contribution in [2.45, 2.75) is 79.8 Å². The average molecular weight is 578 g/mol. The Kier molecular flexibility index (Phi) is 10.8. The highest BCUT2D eigenvalue weighted by molar-refractivity contribution is 5.67. The number of carbonyl (C=O) groups is 1. The zero-order valence-electron chi connectivity index (χ0n) is 26.1. The van der Waals surface area contributed by atoms with Crippen molar-refractivity contribution >= 4 is 6.09 Å². The lowest BCUT2D eigenvalue weighted by molar-refractivity contribution is 0.0519. The summed E-state index contributed by atoms with van der Waals surface area (Å²) in [4.78, 5) is 23.2. The summed E-state index contributed by atoms with van der Waals surface area (Å²) in [7, 11) is 0. The number of amides is 1. The van der Waals surface area contributed by atoms with Gasteiger partial charge in [0.2, 0.25) is 0 Å². The summed E-state index contributed by atoms with van der Waals surface area (Å²) in [6.07, 6.45) is -0.467. The molecule has 0 radical (unpaired) electrons. The van der Waals surface area contributed by atoms with Crippen molar-refractivity contribution in [3.63, 3.8) is 0 Å². The molecule has 0 aliphatic carbocycles. The zero-order valence-corrected chi connectivity index (χ0v) is 26.1. The monoisotopic (exact) mass is 577 g/mol. The molecule has 0 bridgehead atoms. The van der Waals surface area contributed by atoms with E-state index in [1.165, 1.54) is 11.1 Å². The van der Waals surface area contributed by atoms with Crippen molar-refractivity contribution < 1.29 is 23.3 Å². The highest BCUT2D eigenvalue weighted by Crippen LogP contribution is 2.36. The van der Waals surface area contributed by atoms with Crippen LogP contribution in [0, 0.1) is 13.8 Å². The second-order valence-corrected chi connectivity index (χ2v) is 11.8. The molecule has 9 nitrogen and oxygen atoms in total. The highest BCUT2D eigenvalue weighted by atomic mass is 16.6. The van der Waals surface area contributed by atoms with Gasteiger partial charge in [0, 0.05) is 11.1 Å². The maximum Gasteiger partial charge on any atom is 0.407 e. The molecule has 0 atom stereocenters. The SMILES string of the molecule is Cc1ccc(-c2o[nH]c(=O)c2C(C)C)cc1.Cc1ccc(-c2onc(OCCNC(=O)OC(C)(C)C)c2C(C)C)cc1. The maximum absolute atomic E-state index is 11.6. The van der Waals surface area contributed by atoms with Gasteiger partial charge < -0.3 is 23.8 Å². The van der Waals surface area contributed by atoms with Crippen LogP contribution < -0.4 is 15.6 Å². The molecule has 0 aliphatic rings. The molecular weight excluding hydrogens is 534 g/mol. The predicted molar refractivity (Wildman–Crippen MR) is 164 cm³/mol. The number of hydrogen-bond acceptors (Lipinski definition) is 7. The minimum absolute atomic E-state index is 0.134. The van der Waals surface area contributed by atoms with Gasteiger partial charge in [-0.2, -0.15) is 5.16 Å². The lowest BCUT2D eigenvalue weighted by Crippen LogP contribution is -2.34. The normalized spacial score (nSPS) is 11.3. The molecule has 0 saturated carbocycles. The van der Waals surface area contributed by atoms with Crippen LogP contribution in [0.4, 0.5) is 4.79 Å². The van der Waals surface area contributed by atoms with Crippen LogP contribution in [0.1, 0.15) is 82.6 Å². The van der Waals surface area contributed by atoms with Crippen LogP contribution in [0.25, 0.3) is 22.6 Å². The molecule has 42 heavy (non-hydrogen) atoms. The number of ether oxygens (including phenoxy) is 2. The first kappa shape index (κ1) is 32.2. The van der Waals surface area contributed by atoms with Gasteiger partial charge in [0.15, 0.2) is 11.5 Å². The molecule has 9 heteroatoms. The molecule has 0 saturated heterocycles. The number of aromatic amines is 1. The van der Waals surface area contributed by atoms with Crippen LogP contribution in [-0.2, 0) is 4.74 Å². The first-order valence-electron chi connectivity index (χ1n) is 14.2. The Labute approximate surface area is 247 Å². The van der Waals surface area contributed by atoms with Crippen LogP contribution in [0.2, 0.25) is 0 Å². The van der Waals surface area contributed by atoms with Gasteiger partial charge in [-0.25, -0.2) is 4.79 Å². The van der Waals surface area contributed by atoms with Crippen LogP contribution in [0.3, 0.4) is 0 Å². The maximum atomic E-state index is 11.6. The van der Waals surface area contributed by atoms with E-state index in [1.54, 1.807) is 0 Å². The number of carbonyl (C=O) groups excluding carboxylic acids is 1. The minimum atomic E-state index is -0.523. The number of alkyl carbamates (subject to hydrolysis) is 1. The van der Waals surface area contributed by atoms with Crippen LogP contribution in [0.5, 0.6) is 5.88 Å². The Hall–Kier alpha value is -4.27. The largest absolute Gasteiger partial charge is 0.473 e. The van der Waals surface area contributed by atoms with Crippen LogP contribution in [0.15, 0.2) is 62.4 Å². The fourth-order valence-electron chi connectivity index (χ4n) is 4.18. The fourth-order valence-corrected chi connectivity index (χ4v) is 4.18. The Morgan fingerprint density at radius 3 is 1.90 bits per heavy atom. The van der Waals surface area contributed by atoms with E-state index in [2.05, 4.69) is 29.5 Å². The van der Waals surface area contributed by atoms with Crippen LogP contribution >= 0.6 is 0 Å². The number of rotatable bonds is 8. The Bertz CT molecular complexity index is 1490. The molecule has 226 valence electrons. The highest BCUT2D eigenvalue weighted by Gasteiger charge is 2.22. The van der Waals surface area contributed by atoms with E-state index < -0.39 is 11.7 Å². The standard InChI is InChI=1S/C20H28N2O4.C13H15NO2/c1-13(2)16-17(15-9-7-14(3)8-10-15)26-22-18(16)24-12-11-21-19(23)25-20(4,5)6;1-8(2)11-12(16-14-13(11)15)10-6-4-9(3)5-7-10/h7-10,13H,11-12H2,1-6H3,(H,21,23);4-8H,1-3H3,(H,14,15). The quantitative estimate of drug-likeness (QED) is 0.206. The molecular formula is C33H43N3O6. The van der Waals surface area contributed by atoms with Crippen molar-refractivity contribution in [3.8, 4) is 28.5 Å². The van der Waals surface area contributed by atoms with Gasteiger partial charge in [-0.15, -0.1) is 0 Å². The Morgan fingerprint density at radius 2 is 1.40 bits per heavy atom. The van der Waals surface area contributed by atoms with E-state index in [4.69, 9.17) is 18.5 Å². The van der Waals surface area contributed by atoms with E-state index in [0.29, 0.717) is 23.7 Å². The van der Waals surface area contributed by atoms with Crippen molar-refractivity contribution in [3.05, 3.63) is 81.1 Å². The fraction of sp³-hybridized carbons (Fsp3) is 0.424. The molecule has 2 aromatic carbocycles. The third-order valence-electron chi connectivity index (χ3n) is 6.22. The first-order chi connectivity index (χ1) is 19.8.